The standard InChI is InChI=1S/C38H50N2O4/c1-35-16-5-18-37(3,31(35)13-10-25-8-7-24(22-29(25)35)21-28(42)15-20-39)33(43)40-34(44)38(4)19-6-17-36(2)30-23-27(41)12-9-26(30)11-14-32(36)38/h7-9,12,22-23,31-32,41H,5-6,10-11,13-21,39H2,1-4H3,(H,40,43,44)/t31-,32-,35-,36-,37+,38+/m1/s1. The quantitative estimate of drug-likeness (QED) is 0.342. The Morgan fingerprint density at radius 3 is 1.86 bits per heavy atom. The van der Waals surface area contributed by atoms with Crippen LogP contribution in [0.25, 0.3) is 0 Å². The summed E-state index contributed by atoms with van der Waals surface area (Å²) in [5.41, 5.74) is 9.92. The van der Waals surface area contributed by atoms with E-state index in [0.29, 0.717) is 19.4 Å². The zero-order chi connectivity index (χ0) is 31.5. The number of aryl methyl sites for hydroxylation is 2. The van der Waals surface area contributed by atoms with Gasteiger partial charge >= 0.3 is 0 Å². The van der Waals surface area contributed by atoms with Gasteiger partial charge in [0, 0.05) is 12.8 Å². The molecule has 4 N–H and O–H groups in total. The molecule has 6 atom stereocenters. The van der Waals surface area contributed by atoms with Crippen LogP contribution in [0.1, 0.15) is 113 Å². The molecule has 4 aliphatic rings. The molecule has 0 aliphatic heterocycles. The van der Waals surface area contributed by atoms with Crippen LogP contribution in [0.3, 0.4) is 0 Å². The van der Waals surface area contributed by atoms with E-state index in [4.69, 9.17) is 5.73 Å². The number of fused-ring (bicyclic) bond motifs is 6. The Balaban J connectivity index is 1.25. The molecule has 0 bridgehead atoms. The molecule has 0 radical (unpaired) electrons. The number of amides is 2. The monoisotopic (exact) mass is 598 g/mol. The second-order valence-electron chi connectivity index (χ2n) is 15.4. The van der Waals surface area contributed by atoms with Crippen molar-refractivity contribution in [1.29, 1.82) is 0 Å². The van der Waals surface area contributed by atoms with Crippen molar-refractivity contribution < 1.29 is 19.5 Å². The maximum absolute atomic E-state index is 14.4. The number of rotatable bonds is 6. The molecule has 6 rings (SSSR count). The minimum atomic E-state index is -0.662. The fourth-order valence-electron chi connectivity index (χ4n) is 10.5. The number of ketones is 1. The second-order valence-corrected chi connectivity index (χ2v) is 15.4. The molecule has 236 valence electrons. The van der Waals surface area contributed by atoms with E-state index in [2.05, 4.69) is 51.2 Å². The van der Waals surface area contributed by atoms with Gasteiger partial charge in [0.05, 0.1) is 10.8 Å². The van der Waals surface area contributed by atoms with Gasteiger partial charge in [-0.15, -0.1) is 0 Å². The molecule has 2 saturated carbocycles. The first-order valence-corrected chi connectivity index (χ1v) is 16.9. The van der Waals surface area contributed by atoms with E-state index in [0.717, 1.165) is 69.8 Å². The summed E-state index contributed by atoms with van der Waals surface area (Å²) in [6.07, 6.45) is 9.68. The summed E-state index contributed by atoms with van der Waals surface area (Å²) < 4.78 is 0. The maximum atomic E-state index is 14.4. The third kappa shape index (κ3) is 4.83. The van der Waals surface area contributed by atoms with Crippen molar-refractivity contribution >= 4 is 17.6 Å². The predicted molar refractivity (Wildman–Crippen MR) is 172 cm³/mol. The van der Waals surface area contributed by atoms with Gasteiger partial charge in [-0.05, 0) is 121 Å². The molecular weight excluding hydrogens is 548 g/mol. The van der Waals surface area contributed by atoms with Crippen LogP contribution in [0.5, 0.6) is 5.75 Å². The first-order valence-electron chi connectivity index (χ1n) is 16.9. The summed E-state index contributed by atoms with van der Waals surface area (Å²) in [6, 6.07) is 12.2. The van der Waals surface area contributed by atoms with Crippen LogP contribution in [0.15, 0.2) is 36.4 Å². The lowest BCUT2D eigenvalue weighted by Crippen LogP contribution is -2.60. The fourth-order valence-corrected chi connectivity index (χ4v) is 10.5. The maximum Gasteiger partial charge on any atom is 0.232 e. The van der Waals surface area contributed by atoms with Crippen LogP contribution in [0.4, 0.5) is 0 Å². The highest BCUT2D eigenvalue weighted by atomic mass is 16.3. The molecule has 0 unspecified atom stereocenters. The highest BCUT2D eigenvalue weighted by Crippen LogP contribution is 2.59. The summed E-state index contributed by atoms with van der Waals surface area (Å²) in [4.78, 5) is 41.1. The minimum absolute atomic E-state index is 0.0947. The molecule has 0 spiro atoms. The van der Waals surface area contributed by atoms with Gasteiger partial charge in [-0.1, -0.05) is 64.8 Å². The van der Waals surface area contributed by atoms with Gasteiger partial charge in [-0.3, -0.25) is 19.7 Å². The number of hydrogen-bond donors (Lipinski definition) is 3. The van der Waals surface area contributed by atoms with Crippen LogP contribution in [-0.4, -0.2) is 29.2 Å². The van der Waals surface area contributed by atoms with Gasteiger partial charge in [0.1, 0.15) is 11.5 Å². The SMILES string of the molecule is C[C@]1(C(=O)NC(=O)[C@@]2(C)CCC[C@]3(C)c4cc(CC(=O)CCN)ccc4CC[C@@H]23)CCC[C@]2(C)c3cc(O)ccc3CC[C@@H]12. The number of carbonyl (C=O) groups is 3. The van der Waals surface area contributed by atoms with Gasteiger partial charge in [0.15, 0.2) is 0 Å². The number of imide groups is 1. The lowest BCUT2D eigenvalue weighted by molar-refractivity contribution is -0.150. The lowest BCUT2D eigenvalue weighted by Gasteiger charge is -2.56. The highest BCUT2D eigenvalue weighted by molar-refractivity contribution is 6.01. The van der Waals surface area contributed by atoms with E-state index in [1.54, 1.807) is 6.07 Å². The van der Waals surface area contributed by atoms with E-state index in [9.17, 15) is 19.5 Å². The second kappa shape index (κ2) is 11.1. The average Bonchev–Trinajstić information content (AvgIpc) is 2.97. The van der Waals surface area contributed by atoms with E-state index >= 15 is 0 Å². The summed E-state index contributed by atoms with van der Waals surface area (Å²) >= 11 is 0. The van der Waals surface area contributed by atoms with Crippen molar-refractivity contribution in [3.8, 4) is 5.75 Å². The zero-order valence-electron chi connectivity index (χ0n) is 27.1. The van der Waals surface area contributed by atoms with Crippen LogP contribution in [0.2, 0.25) is 0 Å². The fraction of sp³-hybridized carbons (Fsp3) is 0.605. The number of nitrogens with one attached hydrogen (secondary N) is 1. The molecule has 2 amide bonds. The number of phenolic OH excluding ortho intramolecular Hbond substituents is 1. The molecule has 2 aromatic rings. The van der Waals surface area contributed by atoms with Crippen molar-refractivity contribution in [2.24, 2.45) is 28.4 Å². The van der Waals surface area contributed by atoms with Crippen molar-refractivity contribution in [3.05, 3.63) is 64.2 Å². The summed E-state index contributed by atoms with van der Waals surface area (Å²) in [5, 5.41) is 13.4. The van der Waals surface area contributed by atoms with Gasteiger partial charge in [0.2, 0.25) is 11.8 Å². The Labute approximate surface area is 262 Å². The highest BCUT2D eigenvalue weighted by Gasteiger charge is 2.58. The normalized spacial score (nSPS) is 34.1. The number of benzene rings is 2. The van der Waals surface area contributed by atoms with Crippen molar-refractivity contribution in [3.63, 3.8) is 0 Å². The van der Waals surface area contributed by atoms with E-state index in [-0.39, 0.29) is 46.0 Å². The smallest absolute Gasteiger partial charge is 0.232 e. The molecule has 0 heterocycles. The van der Waals surface area contributed by atoms with Crippen LogP contribution < -0.4 is 11.1 Å². The molecule has 2 fully saturated rings. The number of aromatic hydroxyl groups is 1. The molecular formula is C38H50N2O4. The summed E-state index contributed by atoms with van der Waals surface area (Å²) in [5.74, 6) is 0.368. The summed E-state index contributed by atoms with van der Waals surface area (Å²) in [7, 11) is 0. The number of carbonyl (C=O) groups excluding carboxylic acids is 3. The van der Waals surface area contributed by atoms with Crippen LogP contribution in [-0.2, 0) is 44.5 Å². The number of phenols is 1. The van der Waals surface area contributed by atoms with E-state index in [1.165, 1.54) is 22.3 Å². The Kier molecular flexibility index (Phi) is 7.83. The first-order chi connectivity index (χ1) is 20.8. The number of Topliss-reactive ketones (excluding diaryl/α,β-unsaturated/α-hetero) is 1. The van der Waals surface area contributed by atoms with Gasteiger partial charge < -0.3 is 10.8 Å². The Hall–Kier alpha value is -2.99. The number of nitrogens with two attached hydrogens (primary N) is 1. The third-order valence-electron chi connectivity index (χ3n) is 12.9. The Morgan fingerprint density at radius 1 is 0.795 bits per heavy atom. The Bertz CT molecular complexity index is 1500. The van der Waals surface area contributed by atoms with Crippen LogP contribution in [0, 0.1) is 22.7 Å². The largest absolute Gasteiger partial charge is 0.508 e. The third-order valence-corrected chi connectivity index (χ3v) is 12.9. The van der Waals surface area contributed by atoms with Crippen molar-refractivity contribution in [1.82, 2.24) is 5.32 Å². The number of hydrogen-bond acceptors (Lipinski definition) is 5. The van der Waals surface area contributed by atoms with E-state index in [1.807, 2.05) is 12.1 Å². The average molecular weight is 599 g/mol. The molecule has 0 aromatic heterocycles. The molecule has 4 aliphatic carbocycles. The predicted octanol–water partition coefficient (Wildman–Crippen LogP) is 6.22. The molecule has 44 heavy (non-hydrogen) atoms. The Morgan fingerprint density at radius 2 is 1.32 bits per heavy atom. The molecule has 6 heteroatoms. The van der Waals surface area contributed by atoms with Gasteiger partial charge in [-0.25, -0.2) is 0 Å². The summed E-state index contributed by atoms with van der Waals surface area (Å²) in [6.45, 7) is 9.09. The zero-order valence-corrected chi connectivity index (χ0v) is 27.1. The minimum Gasteiger partial charge on any atom is -0.508 e. The van der Waals surface area contributed by atoms with Gasteiger partial charge in [-0.2, -0.15) is 0 Å². The van der Waals surface area contributed by atoms with Crippen molar-refractivity contribution in [2.75, 3.05) is 6.54 Å². The van der Waals surface area contributed by atoms with Crippen molar-refractivity contribution in [2.45, 2.75) is 116 Å². The van der Waals surface area contributed by atoms with Crippen LogP contribution >= 0.6 is 0 Å². The topological polar surface area (TPSA) is 109 Å². The first kappa shape index (κ1) is 31.0. The molecule has 2 aromatic carbocycles. The van der Waals surface area contributed by atoms with E-state index < -0.39 is 10.8 Å². The van der Waals surface area contributed by atoms with Gasteiger partial charge in [0.25, 0.3) is 0 Å². The lowest BCUT2D eigenvalue weighted by atomic mass is 9.49. The molecule has 6 nitrogen and oxygen atoms in total. The molecule has 0 saturated heterocycles.